The van der Waals surface area contributed by atoms with E-state index in [2.05, 4.69) is 26.5 Å². The molecule has 40 heavy (non-hydrogen) atoms. The predicted molar refractivity (Wildman–Crippen MR) is 163 cm³/mol. The van der Waals surface area contributed by atoms with Crippen molar-refractivity contribution in [2.45, 2.75) is 11.4 Å². The molecule has 206 valence electrons. The van der Waals surface area contributed by atoms with E-state index in [1.807, 2.05) is 67.5 Å². The summed E-state index contributed by atoms with van der Waals surface area (Å²) in [5.74, 6) is -0.00611. The summed E-state index contributed by atoms with van der Waals surface area (Å²) in [6.45, 7) is 0.0228. The smallest absolute Gasteiger partial charge is 0.273 e. The highest BCUT2D eigenvalue weighted by molar-refractivity contribution is 9.10. The summed E-state index contributed by atoms with van der Waals surface area (Å²) < 4.78 is 35.2. The lowest BCUT2D eigenvalue weighted by Gasteiger charge is -2.26. The maximum atomic E-state index is 13.9. The Bertz CT molecular complexity index is 1610. The molecular weight excluding hydrogens is 592 g/mol. The van der Waals surface area contributed by atoms with Gasteiger partial charge in [-0.15, -0.1) is 0 Å². The van der Waals surface area contributed by atoms with Crippen molar-refractivity contribution in [3.05, 3.63) is 118 Å². The zero-order chi connectivity index (χ0) is 28.7. The number of hydrazone groups is 1. The summed E-state index contributed by atoms with van der Waals surface area (Å²) in [4.78, 5) is 15.3. The predicted octanol–water partition coefficient (Wildman–Crippen LogP) is 5.68. The van der Waals surface area contributed by atoms with Crippen LogP contribution in [0.4, 0.5) is 11.4 Å². The van der Waals surface area contributed by atoms with E-state index >= 15 is 0 Å². The lowest BCUT2D eigenvalue weighted by Crippen LogP contribution is -2.33. The van der Waals surface area contributed by atoms with Crippen molar-refractivity contribution in [2.75, 3.05) is 30.4 Å². The molecule has 0 aliphatic rings. The number of nitrogens with zero attached hydrogens (tertiary/aromatic N) is 3. The van der Waals surface area contributed by atoms with Crippen LogP contribution < -0.4 is 19.4 Å². The van der Waals surface area contributed by atoms with Gasteiger partial charge in [0.1, 0.15) is 5.75 Å². The highest BCUT2D eigenvalue weighted by Crippen LogP contribution is 2.30. The number of para-hydroxylation sites is 1. The van der Waals surface area contributed by atoms with Gasteiger partial charge < -0.3 is 9.64 Å². The van der Waals surface area contributed by atoms with Crippen LogP contribution in [0.3, 0.4) is 0 Å². The Kier molecular flexibility index (Phi) is 9.23. The summed E-state index contributed by atoms with van der Waals surface area (Å²) >= 11 is 3.54. The molecule has 0 radical (unpaired) electrons. The number of rotatable bonds is 10. The highest BCUT2D eigenvalue weighted by atomic mass is 79.9. The molecule has 0 aliphatic carbocycles. The van der Waals surface area contributed by atoms with Gasteiger partial charge in [-0.25, -0.2) is 13.8 Å². The van der Waals surface area contributed by atoms with Crippen LogP contribution in [-0.4, -0.2) is 41.7 Å². The van der Waals surface area contributed by atoms with Crippen LogP contribution in [-0.2, 0) is 16.6 Å². The van der Waals surface area contributed by atoms with Gasteiger partial charge in [0.05, 0.1) is 41.7 Å². The number of hydrogen-bond acceptors (Lipinski definition) is 6. The summed E-state index contributed by atoms with van der Waals surface area (Å²) in [5.41, 5.74) is 5.48. The molecule has 0 aliphatic heterocycles. The molecule has 0 atom stereocenters. The number of hydrogen-bond donors (Lipinski definition) is 1. The molecular formula is C30H29BrN4O4S. The fourth-order valence-corrected chi connectivity index (χ4v) is 6.22. The van der Waals surface area contributed by atoms with E-state index in [1.165, 1.54) is 29.8 Å². The van der Waals surface area contributed by atoms with Crippen molar-refractivity contribution in [3.8, 4) is 5.75 Å². The first-order valence-corrected chi connectivity index (χ1v) is 14.5. The van der Waals surface area contributed by atoms with Crippen LogP contribution >= 0.6 is 15.9 Å². The minimum absolute atomic E-state index is 0.0228. The van der Waals surface area contributed by atoms with Crippen LogP contribution in [0.2, 0.25) is 0 Å². The maximum absolute atomic E-state index is 13.9. The van der Waals surface area contributed by atoms with E-state index in [-0.39, 0.29) is 22.7 Å². The summed E-state index contributed by atoms with van der Waals surface area (Å²) in [7, 11) is 1.34. The zero-order valence-corrected chi connectivity index (χ0v) is 24.7. The van der Waals surface area contributed by atoms with Crippen LogP contribution in [0.25, 0.3) is 0 Å². The van der Waals surface area contributed by atoms with Crippen LogP contribution in [0.15, 0.2) is 112 Å². The number of ether oxygens (including phenoxy) is 1. The Morgan fingerprint density at radius 2 is 1.60 bits per heavy atom. The molecule has 0 spiro atoms. The topological polar surface area (TPSA) is 91.3 Å². The molecule has 0 aromatic heterocycles. The third-order valence-electron chi connectivity index (χ3n) is 6.07. The lowest BCUT2D eigenvalue weighted by molar-refractivity contribution is 0.0955. The van der Waals surface area contributed by atoms with Gasteiger partial charge in [0.25, 0.3) is 15.9 Å². The number of carbonyl (C=O) groups is 1. The minimum Gasteiger partial charge on any atom is -0.497 e. The number of sulfonamides is 1. The van der Waals surface area contributed by atoms with Crippen molar-refractivity contribution in [3.63, 3.8) is 0 Å². The zero-order valence-electron chi connectivity index (χ0n) is 22.3. The second kappa shape index (κ2) is 12.8. The molecule has 0 saturated heterocycles. The van der Waals surface area contributed by atoms with Gasteiger partial charge >= 0.3 is 0 Å². The van der Waals surface area contributed by atoms with Crippen LogP contribution in [0, 0.1) is 0 Å². The molecule has 0 unspecified atom stereocenters. The SMILES string of the molecule is COc1ccc(S(=O)(=O)N(Cc2ccccc2)c2ccccc2C(=O)NN=Cc2ccc(N(C)C)c(Br)c2)cc1. The Morgan fingerprint density at radius 1 is 0.925 bits per heavy atom. The number of amides is 1. The quantitative estimate of drug-likeness (QED) is 0.182. The first kappa shape index (κ1) is 28.8. The molecule has 10 heteroatoms. The first-order chi connectivity index (χ1) is 19.2. The molecule has 4 aromatic rings. The number of halogens is 1. The van der Waals surface area contributed by atoms with Crippen molar-refractivity contribution in [1.82, 2.24) is 5.43 Å². The number of methoxy groups -OCH3 is 1. The molecule has 4 rings (SSSR count). The van der Waals surface area contributed by atoms with Gasteiger partial charge in [-0.3, -0.25) is 9.10 Å². The van der Waals surface area contributed by atoms with Gasteiger partial charge in [-0.2, -0.15) is 5.10 Å². The Labute approximate surface area is 243 Å². The molecule has 1 amide bonds. The monoisotopic (exact) mass is 620 g/mol. The number of anilines is 2. The molecule has 0 fully saturated rings. The van der Waals surface area contributed by atoms with Gasteiger partial charge in [0, 0.05) is 18.6 Å². The van der Waals surface area contributed by atoms with E-state index in [4.69, 9.17) is 4.74 Å². The summed E-state index contributed by atoms with van der Waals surface area (Å²) in [6.07, 6.45) is 1.53. The maximum Gasteiger partial charge on any atom is 0.273 e. The second-order valence-corrected chi connectivity index (χ2v) is 11.7. The number of benzene rings is 4. The van der Waals surface area contributed by atoms with Crippen molar-refractivity contribution < 1.29 is 17.9 Å². The number of carbonyl (C=O) groups excluding carboxylic acids is 1. The summed E-state index contributed by atoms with van der Waals surface area (Å²) in [6, 6.07) is 27.6. The lowest BCUT2D eigenvalue weighted by atomic mass is 10.1. The van der Waals surface area contributed by atoms with Crippen LogP contribution in [0.1, 0.15) is 21.5 Å². The molecule has 0 saturated carbocycles. The fraction of sp³-hybridized carbons (Fsp3) is 0.133. The standard InChI is InChI=1S/C30H29BrN4O4S/c1-34(2)29-18-13-23(19-27(29)31)20-32-33-30(36)26-11-7-8-12-28(26)35(21-22-9-5-4-6-10-22)40(37,38)25-16-14-24(39-3)15-17-25/h4-20H,21H2,1-3H3,(H,33,36). The molecule has 4 aromatic carbocycles. The molecule has 0 heterocycles. The van der Waals surface area contributed by atoms with E-state index in [1.54, 1.807) is 36.4 Å². The Balaban J connectivity index is 1.66. The summed E-state index contributed by atoms with van der Waals surface area (Å²) in [5, 5.41) is 4.12. The Hall–Kier alpha value is -4.15. The van der Waals surface area contributed by atoms with Gasteiger partial charge in [-0.1, -0.05) is 48.5 Å². The third kappa shape index (κ3) is 6.70. The van der Waals surface area contributed by atoms with Gasteiger partial charge in [0.15, 0.2) is 0 Å². The van der Waals surface area contributed by atoms with Crippen molar-refractivity contribution in [1.29, 1.82) is 0 Å². The molecule has 8 nitrogen and oxygen atoms in total. The third-order valence-corrected chi connectivity index (χ3v) is 8.48. The molecule has 0 bridgehead atoms. The highest BCUT2D eigenvalue weighted by Gasteiger charge is 2.28. The molecule has 1 N–H and O–H groups in total. The van der Waals surface area contributed by atoms with Crippen LogP contribution in [0.5, 0.6) is 5.75 Å². The minimum atomic E-state index is -4.06. The second-order valence-electron chi connectivity index (χ2n) is 8.99. The van der Waals surface area contributed by atoms with Gasteiger partial charge in [-0.05, 0) is 75.6 Å². The average molecular weight is 622 g/mol. The van der Waals surface area contributed by atoms with E-state index in [0.717, 1.165) is 21.3 Å². The first-order valence-electron chi connectivity index (χ1n) is 12.3. The van der Waals surface area contributed by atoms with Gasteiger partial charge in [0.2, 0.25) is 0 Å². The van der Waals surface area contributed by atoms with Crippen molar-refractivity contribution in [2.24, 2.45) is 5.10 Å². The largest absolute Gasteiger partial charge is 0.497 e. The van der Waals surface area contributed by atoms with E-state index < -0.39 is 15.9 Å². The Morgan fingerprint density at radius 3 is 2.25 bits per heavy atom. The fourth-order valence-electron chi connectivity index (χ4n) is 4.00. The van der Waals surface area contributed by atoms with Crippen molar-refractivity contribution >= 4 is 49.4 Å². The van der Waals surface area contributed by atoms with E-state index in [0.29, 0.717) is 5.75 Å². The van der Waals surface area contributed by atoms with E-state index in [9.17, 15) is 13.2 Å². The normalized spacial score (nSPS) is 11.3. The average Bonchev–Trinajstić information content (AvgIpc) is 2.96. The number of nitrogens with one attached hydrogen (secondary N) is 1.